The van der Waals surface area contributed by atoms with Crippen LogP contribution in [0.5, 0.6) is 11.5 Å². The van der Waals surface area contributed by atoms with Crippen molar-refractivity contribution in [1.29, 1.82) is 0 Å². The van der Waals surface area contributed by atoms with E-state index in [2.05, 4.69) is 21.7 Å². The number of nitrogens with zero attached hydrogens (tertiary/aromatic N) is 3. The summed E-state index contributed by atoms with van der Waals surface area (Å²) in [5.74, 6) is 1.38. The van der Waals surface area contributed by atoms with Crippen LogP contribution in [0.3, 0.4) is 0 Å². The average molecular weight is 421 g/mol. The number of carbonyl (C=O) groups excluding carboxylic acids is 1. The number of para-hydroxylation sites is 1. The fraction of sp³-hybridized carbons (Fsp3) is 0.375. The number of aromatic nitrogens is 3. The monoisotopic (exact) mass is 420 g/mol. The fourth-order valence-corrected chi connectivity index (χ4v) is 4.54. The van der Waals surface area contributed by atoms with Crippen LogP contribution in [0.1, 0.15) is 47.4 Å². The van der Waals surface area contributed by atoms with Gasteiger partial charge in [0, 0.05) is 23.6 Å². The number of hydrogen-bond acceptors (Lipinski definition) is 5. The van der Waals surface area contributed by atoms with Gasteiger partial charge in [0.25, 0.3) is 5.91 Å². The number of rotatable bonds is 7. The third kappa shape index (κ3) is 4.00. The molecule has 1 saturated carbocycles. The van der Waals surface area contributed by atoms with E-state index < -0.39 is 0 Å². The van der Waals surface area contributed by atoms with E-state index in [0.29, 0.717) is 17.9 Å². The first kappa shape index (κ1) is 20.9. The standard InChI is InChI=1S/C24H28N4O3/c1-17-22(26-27-28(17)18-9-8-10-19(15-18)30-2)23(29)25-16-24(13-6-7-14-24)20-11-4-5-12-21(20)31-3/h4-5,8-12,15H,6-7,13-14,16H2,1-3H3,(H,25,29). The van der Waals surface area contributed by atoms with Gasteiger partial charge in [-0.2, -0.15) is 0 Å². The SMILES string of the molecule is COc1cccc(-n2nnc(C(=O)NCC3(c4ccccc4OC)CCCC3)c2C)c1. The van der Waals surface area contributed by atoms with E-state index in [1.165, 1.54) is 0 Å². The first-order valence-electron chi connectivity index (χ1n) is 10.6. The summed E-state index contributed by atoms with van der Waals surface area (Å²) < 4.78 is 12.6. The highest BCUT2D eigenvalue weighted by Gasteiger charge is 2.38. The maximum absolute atomic E-state index is 13.0. The summed E-state index contributed by atoms with van der Waals surface area (Å²) in [4.78, 5) is 13.0. The highest BCUT2D eigenvalue weighted by molar-refractivity contribution is 5.93. The lowest BCUT2D eigenvalue weighted by Gasteiger charge is -2.31. The molecule has 0 radical (unpaired) electrons. The highest BCUT2D eigenvalue weighted by Crippen LogP contribution is 2.44. The van der Waals surface area contributed by atoms with E-state index >= 15 is 0 Å². The normalized spacial score (nSPS) is 14.9. The molecule has 0 saturated heterocycles. The number of hydrogen-bond donors (Lipinski definition) is 1. The molecule has 1 aliphatic rings. The van der Waals surface area contributed by atoms with Crippen LogP contribution >= 0.6 is 0 Å². The number of benzene rings is 2. The molecule has 7 nitrogen and oxygen atoms in total. The molecule has 7 heteroatoms. The van der Waals surface area contributed by atoms with Gasteiger partial charge in [0.05, 0.1) is 25.6 Å². The molecular weight excluding hydrogens is 392 g/mol. The minimum Gasteiger partial charge on any atom is -0.497 e. The second-order valence-electron chi connectivity index (χ2n) is 8.01. The van der Waals surface area contributed by atoms with E-state index in [4.69, 9.17) is 9.47 Å². The van der Waals surface area contributed by atoms with Crippen molar-refractivity contribution in [3.8, 4) is 17.2 Å². The van der Waals surface area contributed by atoms with E-state index in [-0.39, 0.29) is 11.3 Å². The van der Waals surface area contributed by atoms with Gasteiger partial charge < -0.3 is 14.8 Å². The van der Waals surface area contributed by atoms with Crippen molar-refractivity contribution in [2.24, 2.45) is 0 Å². The quantitative estimate of drug-likeness (QED) is 0.628. The molecule has 31 heavy (non-hydrogen) atoms. The Morgan fingerprint density at radius 2 is 1.87 bits per heavy atom. The summed E-state index contributed by atoms with van der Waals surface area (Å²) in [5.41, 5.74) is 2.84. The Kier molecular flexibility index (Phi) is 5.93. The van der Waals surface area contributed by atoms with Crippen LogP contribution in [0.15, 0.2) is 48.5 Å². The van der Waals surface area contributed by atoms with Crippen molar-refractivity contribution >= 4 is 5.91 Å². The van der Waals surface area contributed by atoms with Gasteiger partial charge in [0.15, 0.2) is 5.69 Å². The molecule has 0 spiro atoms. The minimum atomic E-state index is -0.215. The smallest absolute Gasteiger partial charge is 0.273 e. The molecule has 1 fully saturated rings. The second kappa shape index (κ2) is 8.79. The maximum Gasteiger partial charge on any atom is 0.273 e. The number of methoxy groups -OCH3 is 2. The van der Waals surface area contributed by atoms with Crippen molar-refractivity contribution in [3.05, 3.63) is 65.5 Å². The van der Waals surface area contributed by atoms with Crippen LogP contribution in [-0.2, 0) is 5.41 Å². The topological polar surface area (TPSA) is 78.3 Å². The van der Waals surface area contributed by atoms with Crippen LogP contribution in [0, 0.1) is 6.92 Å². The molecule has 1 aromatic heterocycles. The van der Waals surface area contributed by atoms with Crippen molar-refractivity contribution in [3.63, 3.8) is 0 Å². The zero-order chi connectivity index (χ0) is 21.8. The van der Waals surface area contributed by atoms with Gasteiger partial charge in [-0.3, -0.25) is 4.79 Å². The minimum absolute atomic E-state index is 0.126. The summed E-state index contributed by atoms with van der Waals surface area (Å²) in [6.07, 6.45) is 4.31. The Balaban J connectivity index is 1.55. The Morgan fingerprint density at radius 1 is 1.10 bits per heavy atom. The zero-order valence-corrected chi connectivity index (χ0v) is 18.2. The van der Waals surface area contributed by atoms with Crippen molar-refractivity contribution < 1.29 is 14.3 Å². The van der Waals surface area contributed by atoms with Gasteiger partial charge in [0.2, 0.25) is 0 Å². The third-order valence-corrected chi connectivity index (χ3v) is 6.23. The molecule has 0 unspecified atom stereocenters. The van der Waals surface area contributed by atoms with E-state index in [9.17, 15) is 4.79 Å². The summed E-state index contributed by atoms with van der Waals surface area (Å²) in [6.45, 7) is 2.39. The molecule has 0 atom stereocenters. The summed E-state index contributed by atoms with van der Waals surface area (Å²) in [5, 5.41) is 11.5. The maximum atomic E-state index is 13.0. The van der Waals surface area contributed by atoms with Gasteiger partial charge in [-0.15, -0.1) is 5.10 Å². The lowest BCUT2D eigenvalue weighted by Crippen LogP contribution is -2.39. The molecule has 1 heterocycles. The number of amides is 1. The molecule has 162 valence electrons. The van der Waals surface area contributed by atoms with Crippen LogP contribution in [0.25, 0.3) is 5.69 Å². The predicted octanol–water partition coefficient (Wildman–Crippen LogP) is 3.83. The molecule has 0 bridgehead atoms. The third-order valence-electron chi connectivity index (χ3n) is 6.23. The van der Waals surface area contributed by atoms with Crippen LogP contribution in [0.4, 0.5) is 0 Å². The largest absolute Gasteiger partial charge is 0.497 e. The highest BCUT2D eigenvalue weighted by atomic mass is 16.5. The van der Waals surface area contributed by atoms with Crippen LogP contribution < -0.4 is 14.8 Å². The molecule has 3 aromatic rings. The second-order valence-corrected chi connectivity index (χ2v) is 8.01. The van der Waals surface area contributed by atoms with Crippen molar-refractivity contribution in [2.45, 2.75) is 38.0 Å². The van der Waals surface area contributed by atoms with Gasteiger partial charge in [-0.25, -0.2) is 4.68 Å². The van der Waals surface area contributed by atoms with E-state index in [1.54, 1.807) is 18.9 Å². The van der Waals surface area contributed by atoms with Crippen LogP contribution in [-0.4, -0.2) is 41.7 Å². The first-order valence-corrected chi connectivity index (χ1v) is 10.6. The Bertz CT molecular complexity index is 1070. The molecule has 1 amide bonds. The molecule has 2 aromatic carbocycles. The molecular formula is C24H28N4O3. The molecule has 0 aliphatic heterocycles. The number of carbonyl (C=O) groups is 1. The van der Waals surface area contributed by atoms with Gasteiger partial charge in [-0.1, -0.05) is 42.3 Å². The van der Waals surface area contributed by atoms with Gasteiger partial charge >= 0.3 is 0 Å². The first-order chi connectivity index (χ1) is 15.1. The Morgan fingerprint density at radius 3 is 2.61 bits per heavy atom. The summed E-state index contributed by atoms with van der Waals surface area (Å²) in [6, 6.07) is 15.6. The fourth-order valence-electron chi connectivity index (χ4n) is 4.54. The van der Waals surface area contributed by atoms with Gasteiger partial charge in [-0.05, 0) is 38.0 Å². The van der Waals surface area contributed by atoms with Crippen molar-refractivity contribution in [2.75, 3.05) is 20.8 Å². The average Bonchev–Trinajstić information content (AvgIpc) is 3.45. The molecule has 1 N–H and O–H groups in total. The van der Waals surface area contributed by atoms with E-state index in [0.717, 1.165) is 48.4 Å². The predicted molar refractivity (Wildman–Crippen MR) is 118 cm³/mol. The molecule has 4 rings (SSSR count). The Labute approximate surface area is 182 Å². The molecule has 1 aliphatic carbocycles. The lowest BCUT2D eigenvalue weighted by molar-refractivity contribution is 0.0937. The summed E-state index contributed by atoms with van der Waals surface area (Å²) in [7, 11) is 3.31. The van der Waals surface area contributed by atoms with Gasteiger partial charge in [0.1, 0.15) is 11.5 Å². The Hall–Kier alpha value is -3.35. The van der Waals surface area contributed by atoms with E-state index in [1.807, 2.05) is 49.4 Å². The number of nitrogens with one attached hydrogen (secondary N) is 1. The lowest BCUT2D eigenvalue weighted by atomic mass is 9.78. The summed E-state index contributed by atoms with van der Waals surface area (Å²) >= 11 is 0. The zero-order valence-electron chi connectivity index (χ0n) is 18.2. The van der Waals surface area contributed by atoms with Crippen LogP contribution in [0.2, 0.25) is 0 Å². The van der Waals surface area contributed by atoms with Crippen molar-refractivity contribution in [1.82, 2.24) is 20.3 Å². The number of ether oxygens (including phenoxy) is 2.